The Labute approximate surface area is 185 Å². The van der Waals surface area contributed by atoms with E-state index in [0.29, 0.717) is 22.1 Å². The second kappa shape index (κ2) is 10.4. The molecule has 0 aromatic heterocycles. The Morgan fingerprint density at radius 2 is 1.74 bits per heavy atom. The molecule has 1 atom stereocenters. The number of nitrogens with one attached hydrogen (secondary N) is 1. The van der Waals surface area contributed by atoms with Crippen molar-refractivity contribution in [3.8, 4) is 11.5 Å². The van der Waals surface area contributed by atoms with Gasteiger partial charge in [-0.05, 0) is 74.0 Å². The molecule has 1 amide bonds. The number of benzene rings is 3. The largest absolute Gasteiger partial charge is 0.481 e. The SMILES string of the molecule is Cc1cccc(C(=O)Oc2ccc(/C=N\NC(=O)[C@H](C)Oc3cccc(Cl)c3)cc2)c1. The lowest BCUT2D eigenvalue weighted by atomic mass is 10.1. The summed E-state index contributed by atoms with van der Waals surface area (Å²) in [5.74, 6) is 0.0807. The van der Waals surface area contributed by atoms with Gasteiger partial charge in [0.05, 0.1) is 11.8 Å². The summed E-state index contributed by atoms with van der Waals surface area (Å²) in [5, 5.41) is 4.46. The standard InChI is InChI=1S/C24H21ClN2O4/c1-16-5-3-6-19(13-16)24(29)31-21-11-9-18(10-12-21)15-26-27-23(28)17(2)30-22-8-4-7-20(25)14-22/h3-15,17H,1-2H3,(H,27,28)/b26-15-/t17-/m0/s1. The summed E-state index contributed by atoms with van der Waals surface area (Å²) in [6, 6.07) is 20.7. The summed E-state index contributed by atoms with van der Waals surface area (Å²) < 4.78 is 10.9. The Morgan fingerprint density at radius 1 is 1.00 bits per heavy atom. The van der Waals surface area contributed by atoms with Crippen molar-refractivity contribution in [3.63, 3.8) is 0 Å². The molecule has 31 heavy (non-hydrogen) atoms. The van der Waals surface area contributed by atoms with E-state index in [4.69, 9.17) is 21.1 Å². The van der Waals surface area contributed by atoms with E-state index in [2.05, 4.69) is 10.5 Å². The molecule has 158 valence electrons. The van der Waals surface area contributed by atoms with Crippen LogP contribution in [-0.2, 0) is 4.79 Å². The van der Waals surface area contributed by atoms with Gasteiger partial charge in [-0.25, -0.2) is 10.2 Å². The first-order chi connectivity index (χ1) is 14.9. The number of hydrogen-bond acceptors (Lipinski definition) is 5. The second-order valence-corrected chi connectivity index (χ2v) is 7.22. The third-order valence-corrected chi connectivity index (χ3v) is 4.45. The average Bonchev–Trinajstić information content (AvgIpc) is 2.75. The Balaban J connectivity index is 1.51. The van der Waals surface area contributed by atoms with E-state index in [1.54, 1.807) is 73.7 Å². The van der Waals surface area contributed by atoms with E-state index in [0.717, 1.165) is 11.1 Å². The zero-order valence-electron chi connectivity index (χ0n) is 17.0. The van der Waals surface area contributed by atoms with Crippen LogP contribution in [0.2, 0.25) is 5.02 Å². The van der Waals surface area contributed by atoms with Crippen LogP contribution in [0.4, 0.5) is 0 Å². The number of halogens is 1. The molecule has 0 heterocycles. The predicted molar refractivity (Wildman–Crippen MR) is 120 cm³/mol. The maximum Gasteiger partial charge on any atom is 0.343 e. The highest BCUT2D eigenvalue weighted by atomic mass is 35.5. The van der Waals surface area contributed by atoms with Gasteiger partial charge in [-0.1, -0.05) is 35.4 Å². The van der Waals surface area contributed by atoms with Crippen molar-refractivity contribution >= 4 is 29.7 Å². The molecule has 0 fully saturated rings. The number of rotatable bonds is 7. The van der Waals surface area contributed by atoms with E-state index in [9.17, 15) is 9.59 Å². The smallest absolute Gasteiger partial charge is 0.343 e. The van der Waals surface area contributed by atoms with E-state index in [1.165, 1.54) is 6.21 Å². The molecule has 0 aliphatic heterocycles. The number of aryl methyl sites for hydroxylation is 1. The summed E-state index contributed by atoms with van der Waals surface area (Å²) in [6.45, 7) is 3.52. The number of amides is 1. The summed E-state index contributed by atoms with van der Waals surface area (Å²) in [4.78, 5) is 24.3. The minimum atomic E-state index is -0.751. The highest BCUT2D eigenvalue weighted by Crippen LogP contribution is 2.18. The second-order valence-electron chi connectivity index (χ2n) is 6.78. The third kappa shape index (κ3) is 6.69. The molecule has 6 nitrogen and oxygen atoms in total. The van der Waals surface area contributed by atoms with Crippen LogP contribution in [0.1, 0.15) is 28.4 Å². The Morgan fingerprint density at radius 3 is 2.45 bits per heavy atom. The van der Waals surface area contributed by atoms with Crippen LogP contribution >= 0.6 is 11.6 Å². The van der Waals surface area contributed by atoms with Crippen LogP contribution in [-0.4, -0.2) is 24.2 Å². The van der Waals surface area contributed by atoms with Gasteiger partial charge in [-0.3, -0.25) is 4.79 Å². The van der Waals surface area contributed by atoms with Gasteiger partial charge in [-0.15, -0.1) is 0 Å². The van der Waals surface area contributed by atoms with Crippen molar-refractivity contribution in [3.05, 3.63) is 94.5 Å². The number of nitrogens with zero attached hydrogens (tertiary/aromatic N) is 1. The molecule has 0 spiro atoms. The molecule has 0 aliphatic carbocycles. The van der Waals surface area contributed by atoms with Crippen LogP contribution in [0.15, 0.2) is 77.9 Å². The van der Waals surface area contributed by atoms with Gasteiger partial charge in [0.15, 0.2) is 6.10 Å². The van der Waals surface area contributed by atoms with Gasteiger partial charge in [-0.2, -0.15) is 5.10 Å². The minimum Gasteiger partial charge on any atom is -0.481 e. The first kappa shape index (κ1) is 22.1. The molecule has 1 N–H and O–H groups in total. The number of carbonyl (C=O) groups excluding carboxylic acids is 2. The summed E-state index contributed by atoms with van der Waals surface area (Å²) in [7, 11) is 0. The lowest BCUT2D eigenvalue weighted by Gasteiger charge is -2.12. The van der Waals surface area contributed by atoms with Crippen molar-refractivity contribution in [2.45, 2.75) is 20.0 Å². The lowest BCUT2D eigenvalue weighted by molar-refractivity contribution is -0.127. The van der Waals surface area contributed by atoms with Gasteiger partial charge in [0, 0.05) is 5.02 Å². The number of ether oxygens (including phenoxy) is 2. The molecule has 0 bridgehead atoms. The fourth-order valence-electron chi connectivity index (χ4n) is 2.62. The molecule has 0 aliphatic rings. The maximum atomic E-state index is 12.2. The fourth-order valence-corrected chi connectivity index (χ4v) is 2.80. The number of hydrazone groups is 1. The maximum absolute atomic E-state index is 12.2. The first-order valence-corrected chi connectivity index (χ1v) is 9.92. The molecular weight excluding hydrogens is 416 g/mol. The first-order valence-electron chi connectivity index (χ1n) is 9.55. The molecule has 7 heteroatoms. The highest BCUT2D eigenvalue weighted by molar-refractivity contribution is 6.30. The number of esters is 1. The average molecular weight is 437 g/mol. The van der Waals surface area contributed by atoms with E-state index < -0.39 is 18.0 Å². The summed E-state index contributed by atoms with van der Waals surface area (Å²) in [6.07, 6.45) is 0.731. The van der Waals surface area contributed by atoms with Crippen molar-refractivity contribution in [1.29, 1.82) is 0 Å². The lowest BCUT2D eigenvalue weighted by Crippen LogP contribution is -2.33. The van der Waals surface area contributed by atoms with Crippen molar-refractivity contribution in [2.75, 3.05) is 0 Å². The molecule has 0 unspecified atom stereocenters. The third-order valence-electron chi connectivity index (χ3n) is 4.21. The topological polar surface area (TPSA) is 77.0 Å². The Kier molecular flexibility index (Phi) is 7.40. The molecular formula is C24H21ClN2O4. The molecule has 3 aromatic rings. The summed E-state index contributed by atoms with van der Waals surface area (Å²) in [5.41, 5.74) is 4.62. The molecule has 3 rings (SSSR count). The van der Waals surface area contributed by atoms with Crippen molar-refractivity contribution < 1.29 is 19.1 Å². The van der Waals surface area contributed by atoms with Gasteiger partial charge >= 0.3 is 5.97 Å². The van der Waals surface area contributed by atoms with E-state index >= 15 is 0 Å². The van der Waals surface area contributed by atoms with Crippen LogP contribution < -0.4 is 14.9 Å². The molecule has 0 saturated heterocycles. The van der Waals surface area contributed by atoms with Crippen molar-refractivity contribution in [1.82, 2.24) is 5.43 Å². The van der Waals surface area contributed by atoms with E-state index in [1.807, 2.05) is 13.0 Å². The monoisotopic (exact) mass is 436 g/mol. The predicted octanol–water partition coefficient (Wildman–Crippen LogP) is 4.79. The summed E-state index contributed by atoms with van der Waals surface area (Å²) >= 11 is 5.90. The minimum absolute atomic E-state index is 0.403. The van der Waals surface area contributed by atoms with Crippen LogP contribution in [0.5, 0.6) is 11.5 Å². The number of carbonyl (C=O) groups is 2. The zero-order valence-corrected chi connectivity index (χ0v) is 17.8. The van der Waals surface area contributed by atoms with Gasteiger partial charge in [0.25, 0.3) is 5.91 Å². The van der Waals surface area contributed by atoms with Gasteiger partial charge < -0.3 is 9.47 Å². The number of hydrogen-bond donors (Lipinski definition) is 1. The Bertz CT molecular complexity index is 1100. The van der Waals surface area contributed by atoms with Crippen LogP contribution in [0.25, 0.3) is 0 Å². The van der Waals surface area contributed by atoms with Crippen molar-refractivity contribution in [2.24, 2.45) is 5.10 Å². The highest BCUT2D eigenvalue weighted by Gasteiger charge is 2.14. The quantitative estimate of drug-likeness (QED) is 0.250. The normalized spacial score (nSPS) is 11.7. The van der Waals surface area contributed by atoms with Gasteiger partial charge in [0.1, 0.15) is 11.5 Å². The molecule has 0 radical (unpaired) electrons. The van der Waals surface area contributed by atoms with Gasteiger partial charge in [0.2, 0.25) is 0 Å². The van der Waals surface area contributed by atoms with E-state index in [-0.39, 0.29) is 0 Å². The molecule has 3 aromatic carbocycles. The fraction of sp³-hybridized carbons (Fsp3) is 0.125. The molecule has 0 saturated carbocycles. The zero-order chi connectivity index (χ0) is 22.2. The van der Waals surface area contributed by atoms with Crippen LogP contribution in [0.3, 0.4) is 0 Å². The Hall–Kier alpha value is -3.64. The van der Waals surface area contributed by atoms with Crippen LogP contribution in [0, 0.1) is 6.92 Å².